The lowest BCUT2D eigenvalue weighted by Crippen LogP contribution is -2.30. The molecular weight excluding hydrogens is 443 g/mol. The number of amidine groups is 1. The highest BCUT2D eigenvalue weighted by Crippen LogP contribution is 2.35. The number of hydrogen-bond donors (Lipinski definition) is 0. The number of rotatable bonds is 5. The van der Waals surface area contributed by atoms with Crippen molar-refractivity contribution in [1.29, 1.82) is 0 Å². The number of aliphatic imine (C=N–C) groups is 1. The largest absolute Gasteiger partial charge is 0.495 e. The van der Waals surface area contributed by atoms with Crippen LogP contribution in [0.1, 0.15) is 11.3 Å². The molecule has 0 saturated heterocycles. The van der Waals surface area contributed by atoms with Gasteiger partial charge in [-0.1, -0.05) is 47.1 Å². The summed E-state index contributed by atoms with van der Waals surface area (Å²) in [5.41, 5.74) is 1.96. The van der Waals surface area contributed by atoms with E-state index in [0.717, 1.165) is 5.56 Å². The highest BCUT2D eigenvalue weighted by molar-refractivity contribution is 8.13. The molecule has 0 saturated carbocycles. The van der Waals surface area contributed by atoms with Gasteiger partial charge >= 0.3 is 0 Å². The van der Waals surface area contributed by atoms with Crippen molar-refractivity contribution < 1.29 is 13.9 Å². The first-order valence-corrected chi connectivity index (χ1v) is 10.7. The maximum Gasteiger partial charge on any atom is 0.283 e. The average Bonchev–Trinajstić information content (AvgIpc) is 3.36. The molecule has 0 spiro atoms. The third kappa shape index (κ3) is 4.41. The molecule has 152 valence electrons. The van der Waals surface area contributed by atoms with Crippen LogP contribution in [0.2, 0.25) is 10.0 Å². The highest BCUT2D eigenvalue weighted by Gasteiger charge is 2.32. The molecule has 0 N–H and O–H groups in total. The zero-order valence-corrected chi connectivity index (χ0v) is 18.2. The van der Waals surface area contributed by atoms with E-state index >= 15 is 0 Å². The van der Waals surface area contributed by atoms with Crippen LogP contribution in [-0.4, -0.2) is 18.2 Å². The lowest BCUT2D eigenvalue weighted by Gasteiger charge is -2.18. The number of methoxy groups -OCH3 is 1. The van der Waals surface area contributed by atoms with Gasteiger partial charge in [0.15, 0.2) is 5.17 Å². The summed E-state index contributed by atoms with van der Waals surface area (Å²) < 4.78 is 10.6. The second kappa shape index (κ2) is 9.00. The standard InChI is InChI=1S/C22H16Cl2N2O3S/c1-28-20-9-8-16(11-18(20)24)26-21(27)19(12-17-3-2-10-29-17)25-22(26)30-13-14-4-6-15(23)7-5-14/h2-12H,13H2,1H3. The summed E-state index contributed by atoms with van der Waals surface area (Å²) in [4.78, 5) is 19.3. The number of anilines is 1. The van der Waals surface area contributed by atoms with Crippen LogP contribution in [0.3, 0.4) is 0 Å². The normalized spacial score (nSPS) is 15.0. The Morgan fingerprint density at radius 3 is 2.63 bits per heavy atom. The van der Waals surface area contributed by atoms with Crippen molar-refractivity contribution >= 4 is 57.8 Å². The summed E-state index contributed by atoms with van der Waals surface area (Å²) in [6, 6.07) is 16.3. The van der Waals surface area contributed by atoms with E-state index in [1.165, 1.54) is 11.8 Å². The van der Waals surface area contributed by atoms with Gasteiger partial charge in [-0.05, 0) is 48.0 Å². The molecule has 0 radical (unpaired) electrons. The molecule has 30 heavy (non-hydrogen) atoms. The lowest BCUT2D eigenvalue weighted by atomic mass is 10.2. The fourth-order valence-electron chi connectivity index (χ4n) is 2.85. The molecule has 0 atom stereocenters. The van der Waals surface area contributed by atoms with E-state index in [-0.39, 0.29) is 11.6 Å². The number of benzene rings is 2. The van der Waals surface area contributed by atoms with Crippen LogP contribution in [0.4, 0.5) is 5.69 Å². The van der Waals surface area contributed by atoms with Crippen molar-refractivity contribution in [2.45, 2.75) is 5.75 Å². The molecule has 3 aromatic rings. The van der Waals surface area contributed by atoms with Crippen LogP contribution in [0, 0.1) is 0 Å². The molecule has 1 aliphatic rings. The molecule has 1 amide bonds. The van der Waals surface area contributed by atoms with Crippen LogP contribution in [0.5, 0.6) is 5.75 Å². The van der Waals surface area contributed by atoms with Crippen molar-refractivity contribution in [2.24, 2.45) is 4.99 Å². The Morgan fingerprint density at radius 2 is 1.97 bits per heavy atom. The summed E-state index contributed by atoms with van der Waals surface area (Å²) in [7, 11) is 1.54. The second-order valence-corrected chi connectivity index (χ2v) is 8.10. The topological polar surface area (TPSA) is 55.0 Å². The van der Waals surface area contributed by atoms with Gasteiger partial charge in [0, 0.05) is 16.9 Å². The zero-order chi connectivity index (χ0) is 21.1. The van der Waals surface area contributed by atoms with Gasteiger partial charge in [0.05, 0.1) is 24.1 Å². The van der Waals surface area contributed by atoms with Gasteiger partial charge in [0.25, 0.3) is 5.91 Å². The second-order valence-electron chi connectivity index (χ2n) is 6.31. The molecule has 4 rings (SSSR count). The SMILES string of the molecule is COc1ccc(N2C(=O)C(=Cc3ccco3)N=C2SCc2ccc(Cl)cc2)cc1Cl. The summed E-state index contributed by atoms with van der Waals surface area (Å²) >= 11 is 13.7. The van der Waals surface area contributed by atoms with Crippen molar-refractivity contribution in [2.75, 3.05) is 12.0 Å². The Kier molecular flexibility index (Phi) is 6.18. The molecule has 2 heterocycles. The van der Waals surface area contributed by atoms with E-state index in [1.54, 1.807) is 54.7 Å². The predicted molar refractivity (Wildman–Crippen MR) is 122 cm³/mol. The summed E-state index contributed by atoms with van der Waals surface area (Å²) in [6.45, 7) is 0. The Hall–Kier alpha value is -2.67. The Balaban J connectivity index is 1.66. The lowest BCUT2D eigenvalue weighted by molar-refractivity contribution is -0.113. The number of nitrogens with zero attached hydrogens (tertiary/aromatic N) is 2. The first-order valence-electron chi connectivity index (χ1n) is 8.94. The summed E-state index contributed by atoms with van der Waals surface area (Å²) in [5, 5.41) is 1.64. The van der Waals surface area contributed by atoms with Gasteiger partial charge in [-0.3, -0.25) is 9.69 Å². The minimum absolute atomic E-state index is 0.258. The fourth-order valence-corrected chi connectivity index (χ4v) is 4.20. The minimum Gasteiger partial charge on any atom is -0.495 e. The smallest absolute Gasteiger partial charge is 0.283 e. The average molecular weight is 459 g/mol. The monoisotopic (exact) mass is 458 g/mol. The summed E-state index contributed by atoms with van der Waals surface area (Å²) in [6.07, 6.45) is 3.17. The summed E-state index contributed by atoms with van der Waals surface area (Å²) in [5.74, 6) is 1.45. The maximum atomic E-state index is 13.2. The van der Waals surface area contributed by atoms with E-state index < -0.39 is 0 Å². The molecule has 2 aromatic carbocycles. The van der Waals surface area contributed by atoms with E-state index in [4.69, 9.17) is 32.4 Å². The first-order chi connectivity index (χ1) is 14.5. The maximum absolute atomic E-state index is 13.2. The molecule has 8 heteroatoms. The fraction of sp³-hybridized carbons (Fsp3) is 0.0909. The molecule has 0 bridgehead atoms. The van der Waals surface area contributed by atoms with Gasteiger partial charge < -0.3 is 9.15 Å². The van der Waals surface area contributed by atoms with Crippen molar-refractivity contribution in [3.05, 3.63) is 87.9 Å². The van der Waals surface area contributed by atoms with Crippen LogP contribution < -0.4 is 9.64 Å². The van der Waals surface area contributed by atoms with E-state index in [9.17, 15) is 4.79 Å². The Labute approximate surface area is 187 Å². The van der Waals surface area contributed by atoms with E-state index in [2.05, 4.69) is 4.99 Å². The molecule has 0 aliphatic carbocycles. The number of furan rings is 1. The molecular formula is C22H16Cl2N2O3S. The quantitative estimate of drug-likeness (QED) is 0.422. The van der Waals surface area contributed by atoms with Crippen LogP contribution in [0.25, 0.3) is 6.08 Å². The number of halogens is 2. The molecule has 5 nitrogen and oxygen atoms in total. The number of ether oxygens (including phenoxy) is 1. The number of carbonyl (C=O) groups is 1. The number of hydrogen-bond acceptors (Lipinski definition) is 5. The first kappa shape index (κ1) is 20.6. The van der Waals surface area contributed by atoms with Gasteiger partial charge in [-0.15, -0.1) is 0 Å². The molecule has 1 aliphatic heterocycles. The Bertz CT molecular complexity index is 1130. The van der Waals surface area contributed by atoms with Crippen molar-refractivity contribution in [1.82, 2.24) is 0 Å². The predicted octanol–water partition coefficient (Wildman–Crippen LogP) is 6.27. The number of carbonyl (C=O) groups excluding carboxylic acids is 1. The van der Waals surface area contributed by atoms with Gasteiger partial charge in [-0.2, -0.15) is 0 Å². The van der Waals surface area contributed by atoms with Crippen LogP contribution in [0.15, 0.2) is 76.0 Å². The molecule has 0 unspecified atom stereocenters. The number of thioether (sulfide) groups is 1. The van der Waals surface area contributed by atoms with Gasteiger partial charge in [0.2, 0.25) is 0 Å². The Morgan fingerprint density at radius 1 is 1.17 bits per heavy atom. The van der Waals surface area contributed by atoms with Crippen molar-refractivity contribution in [3.63, 3.8) is 0 Å². The molecule has 1 aromatic heterocycles. The number of amides is 1. The van der Waals surface area contributed by atoms with E-state index in [0.29, 0.717) is 38.2 Å². The van der Waals surface area contributed by atoms with Gasteiger partial charge in [0.1, 0.15) is 17.2 Å². The van der Waals surface area contributed by atoms with Crippen molar-refractivity contribution in [3.8, 4) is 5.75 Å². The molecule has 0 fully saturated rings. The van der Waals surface area contributed by atoms with Gasteiger partial charge in [-0.25, -0.2) is 4.99 Å². The van der Waals surface area contributed by atoms with Crippen LogP contribution in [-0.2, 0) is 10.5 Å². The highest BCUT2D eigenvalue weighted by atomic mass is 35.5. The van der Waals surface area contributed by atoms with E-state index in [1.807, 2.05) is 24.3 Å². The van der Waals surface area contributed by atoms with Crippen LogP contribution >= 0.6 is 35.0 Å². The third-order valence-electron chi connectivity index (χ3n) is 4.33. The third-order valence-corrected chi connectivity index (χ3v) is 5.88. The minimum atomic E-state index is -0.258. The zero-order valence-electron chi connectivity index (χ0n) is 15.8.